The van der Waals surface area contributed by atoms with Crippen molar-refractivity contribution in [2.24, 2.45) is 0 Å². The second kappa shape index (κ2) is 4.66. The molecule has 12 heteroatoms. The van der Waals surface area contributed by atoms with Gasteiger partial charge in [0.1, 0.15) is 6.07 Å². The Hall–Kier alpha value is -1.70. The van der Waals surface area contributed by atoms with Crippen LogP contribution in [-0.2, 0) is 10.0 Å². The summed E-state index contributed by atoms with van der Waals surface area (Å²) in [6.07, 6.45) is -0.349. The van der Waals surface area contributed by atoms with Crippen molar-refractivity contribution in [1.82, 2.24) is 0 Å². The van der Waals surface area contributed by atoms with E-state index >= 15 is 0 Å². The standard InChI is InChI=1S/C11H7Cl2F2N3O4S/c1-23(19,20)18-6-3-8-7(2-5(6)17-9(18)4-16)21-10(12,14)11(13,15)22-8/h2-3,9,17H,1H3. The first-order chi connectivity index (χ1) is 10.5. The molecule has 0 radical (unpaired) electrons. The van der Waals surface area contributed by atoms with Gasteiger partial charge in [-0.25, -0.2) is 12.7 Å². The van der Waals surface area contributed by atoms with Crippen LogP contribution in [0.2, 0.25) is 0 Å². The third kappa shape index (κ3) is 2.39. The highest BCUT2D eigenvalue weighted by atomic mass is 35.5. The maximum Gasteiger partial charge on any atom is 0.414 e. The van der Waals surface area contributed by atoms with Crippen LogP contribution in [0.25, 0.3) is 0 Å². The molecule has 124 valence electrons. The molecule has 23 heavy (non-hydrogen) atoms. The summed E-state index contributed by atoms with van der Waals surface area (Å²) >= 11 is 10.4. The third-order valence-electron chi connectivity index (χ3n) is 3.12. The summed E-state index contributed by atoms with van der Waals surface area (Å²) in [4.78, 5) is 0. The van der Waals surface area contributed by atoms with Crippen LogP contribution >= 0.6 is 23.2 Å². The SMILES string of the molecule is CS(=O)(=O)N1c2cc3c(cc2NC1C#N)OC(F)(Cl)C(F)(Cl)O3. The zero-order chi connectivity index (χ0) is 17.2. The molecule has 0 amide bonds. The summed E-state index contributed by atoms with van der Waals surface area (Å²) in [6, 6.07) is 3.93. The highest BCUT2D eigenvalue weighted by molar-refractivity contribution is 7.92. The number of halogens is 4. The molecular formula is C11H7Cl2F2N3O4S. The van der Waals surface area contributed by atoms with Gasteiger partial charge in [0.15, 0.2) is 11.5 Å². The van der Waals surface area contributed by atoms with E-state index in [-0.39, 0.29) is 22.9 Å². The number of benzene rings is 1. The van der Waals surface area contributed by atoms with Crippen molar-refractivity contribution in [3.63, 3.8) is 0 Å². The molecule has 7 nitrogen and oxygen atoms in total. The van der Waals surface area contributed by atoms with Crippen LogP contribution < -0.4 is 19.1 Å². The topological polar surface area (TPSA) is 91.7 Å². The van der Waals surface area contributed by atoms with E-state index in [4.69, 9.17) is 28.5 Å². The molecule has 0 fully saturated rings. The molecule has 0 saturated heterocycles. The summed E-state index contributed by atoms with van der Waals surface area (Å²) in [5, 5.41) is 4.65. The molecule has 2 aliphatic rings. The van der Waals surface area contributed by atoms with Crippen LogP contribution in [0.1, 0.15) is 0 Å². The predicted octanol–water partition coefficient (Wildman–Crippen LogP) is 2.22. The van der Waals surface area contributed by atoms with Crippen LogP contribution in [0.3, 0.4) is 0 Å². The summed E-state index contributed by atoms with van der Waals surface area (Å²) < 4.78 is 61.4. The zero-order valence-corrected chi connectivity index (χ0v) is 13.5. The van der Waals surface area contributed by atoms with Gasteiger partial charge < -0.3 is 14.8 Å². The molecule has 0 bridgehead atoms. The van der Waals surface area contributed by atoms with Gasteiger partial charge in [-0.3, -0.25) is 0 Å². The number of ether oxygens (including phenoxy) is 2. The van der Waals surface area contributed by atoms with E-state index < -0.39 is 26.8 Å². The zero-order valence-electron chi connectivity index (χ0n) is 11.2. The van der Waals surface area contributed by atoms with Gasteiger partial charge in [-0.1, -0.05) is 0 Å². The first-order valence-corrected chi connectivity index (χ1v) is 8.54. The monoisotopic (exact) mass is 385 g/mol. The smallest absolute Gasteiger partial charge is 0.414 e. The third-order valence-corrected chi connectivity index (χ3v) is 4.98. The molecule has 1 aromatic rings. The molecular weight excluding hydrogens is 379 g/mol. The van der Waals surface area contributed by atoms with Crippen molar-refractivity contribution in [2.75, 3.05) is 15.9 Å². The lowest BCUT2D eigenvalue weighted by Gasteiger charge is -2.35. The van der Waals surface area contributed by atoms with Gasteiger partial charge in [0.2, 0.25) is 16.2 Å². The van der Waals surface area contributed by atoms with Gasteiger partial charge in [-0.2, -0.15) is 14.0 Å². The Labute approximate surface area is 139 Å². The largest absolute Gasteiger partial charge is 0.435 e. The van der Waals surface area contributed by atoms with Gasteiger partial charge in [-0.05, 0) is 23.2 Å². The molecule has 2 aliphatic heterocycles. The molecule has 2 heterocycles. The molecule has 0 saturated carbocycles. The minimum atomic E-state index is -3.83. The lowest BCUT2D eigenvalue weighted by Crippen LogP contribution is -2.50. The van der Waals surface area contributed by atoms with Gasteiger partial charge in [0.05, 0.1) is 17.6 Å². The van der Waals surface area contributed by atoms with E-state index in [1.165, 1.54) is 0 Å². The quantitative estimate of drug-likeness (QED) is 0.745. The Morgan fingerprint density at radius 3 is 2.30 bits per heavy atom. The van der Waals surface area contributed by atoms with Crippen molar-refractivity contribution in [3.05, 3.63) is 12.1 Å². The Morgan fingerprint density at radius 1 is 1.30 bits per heavy atom. The number of alkyl halides is 4. The summed E-state index contributed by atoms with van der Waals surface area (Å²) in [7, 11) is -3.83. The number of anilines is 2. The molecule has 3 unspecified atom stereocenters. The van der Waals surface area contributed by atoms with Crippen molar-refractivity contribution < 1.29 is 26.7 Å². The van der Waals surface area contributed by atoms with Crippen LogP contribution in [0.5, 0.6) is 11.5 Å². The number of nitrogens with zero attached hydrogens (tertiary/aromatic N) is 2. The number of sulfonamides is 1. The van der Waals surface area contributed by atoms with Crippen molar-refractivity contribution in [3.8, 4) is 17.6 Å². The van der Waals surface area contributed by atoms with E-state index in [0.29, 0.717) is 0 Å². The highest BCUT2D eigenvalue weighted by Crippen LogP contribution is 2.53. The van der Waals surface area contributed by atoms with Crippen LogP contribution in [-0.4, -0.2) is 31.5 Å². The van der Waals surface area contributed by atoms with E-state index in [1.54, 1.807) is 6.07 Å². The van der Waals surface area contributed by atoms with Gasteiger partial charge in [0, 0.05) is 12.1 Å². The van der Waals surface area contributed by atoms with Crippen molar-refractivity contribution in [1.29, 1.82) is 5.26 Å². The predicted molar refractivity (Wildman–Crippen MR) is 77.4 cm³/mol. The summed E-state index contributed by atoms with van der Waals surface area (Å²) in [6.45, 7) is 0. The minimum absolute atomic E-state index is 0.00482. The molecule has 1 aromatic carbocycles. The van der Waals surface area contributed by atoms with Gasteiger partial charge >= 0.3 is 10.6 Å². The van der Waals surface area contributed by atoms with E-state index in [9.17, 15) is 17.2 Å². The first kappa shape index (κ1) is 16.2. The van der Waals surface area contributed by atoms with Crippen molar-refractivity contribution >= 4 is 44.6 Å². The van der Waals surface area contributed by atoms with Crippen LogP contribution in [0.4, 0.5) is 20.2 Å². The Morgan fingerprint density at radius 2 is 1.83 bits per heavy atom. The molecule has 3 atom stereocenters. The number of rotatable bonds is 1. The maximum atomic E-state index is 13.9. The average molecular weight is 386 g/mol. The maximum absolute atomic E-state index is 13.9. The fourth-order valence-electron chi connectivity index (χ4n) is 2.20. The lowest BCUT2D eigenvalue weighted by atomic mass is 10.2. The Bertz CT molecular complexity index is 840. The number of hydrogen-bond donors (Lipinski definition) is 1. The Kier molecular flexibility index (Phi) is 3.27. The van der Waals surface area contributed by atoms with E-state index in [1.807, 2.05) is 0 Å². The second-order valence-corrected chi connectivity index (χ2v) is 7.62. The molecule has 0 aliphatic carbocycles. The van der Waals surface area contributed by atoms with Gasteiger partial charge in [-0.15, -0.1) is 0 Å². The fraction of sp³-hybridized carbons (Fsp3) is 0.364. The molecule has 0 aromatic heterocycles. The summed E-state index contributed by atoms with van der Waals surface area (Å²) in [5.41, 5.74) is 0.132. The van der Waals surface area contributed by atoms with Gasteiger partial charge in [0.25, 0.3) is 0 Å². The average Bonchev–Trinajstić information content (AvgIpc) is 2.74. The second-order valence-electron chi connectivity index (χ2n) is 4.79. The van der Waals surface area contributed by atoms with E-state index in [2.05, 4.69) is 14.8 Å². The lowest BCUT2D eigenvalue weighted by molar-refractivity contribution is -0.180. The number of nitriles is 1. The number of fused-ring (bicyclic) bond motifs is 2. The summed E-state index contributed by atoms with van der Waals surface area (Å²) in [5.74, 6) is -0.682. The van der Waals surface area contributed by atoms with Crippen LogP contribution in [0, 0.1) is 11.3 Å². The number of nitrogens with one attached hydrogen (secondary N) is 1. The van der Waals surface area contributed by atoms with Crippen molar-refractivity contribution in [2.45, 2.75) is 16.8 Å². The first-order valence-electron chi connectivity index (χ1n) is 5.93. The Balaban J connectivity index is 2.15. The molecule has 3 rings (SSSR count). The molecule has 1 N–H and O–H groups in total. The normalized spacial score (nSPS) is 32.0. The fourth-order valence-corrected chi connectivity index (χ4v) is 3.44. The highest BCUT2D eigenvalue weighted by Gasteiger charge is 2.61. The minimum Gasteiger partial charge on any atom is -0.435 e. The van der Waals surface area contributed by atoms with Crippen LogP contribution in [0.15, 0.2) is 12.1 Å². The number of hydrogen-bond acceptors (Lipinski definition) is 6. The molecule has 0 spiro atoms. The van der Waals surface area contributed by atoms with E-state index in [0.717, 1.165) is 22.7 Å².